The number of thiocarbonyl (C=S) groups is 1. The lowest BCUT2D eigenvalue weighted by Gasteiger charge is -2.33. The second-order valence-corrected chi connectivity index (χ2v) is 8.80. The Morgan fingerprint density at radius 2 is 1.52 bits per heavy atom. The Kier molecular flexibility index (Phi) is 4.66. The van der Waals surface area contributed by atoms with Crippen LogP contribution in [0.15, 0.2) is 77.7 Å². The van der Waals surface area contributed by atoms with Gasteiger partial charge in [0.25, 0.3) is 5.91 Å². The van der Waals surface area contributed by atoms with Gasteiger partial charge in [0.2, 0.25) is 0 Å². The number of carbonyl (C=O) groups excluding carboxylic acids is 1. The number of hydrogen-bond donors (Lipinski definition) is 0. The average molecular weight is 436 g/mol. The average Bonchev–Trinajstić information content (AvgIpc) is 3.01. The smallest absolute Gasteiger partial charge is 0.267 e. The first-order valence-electron chi connectivity index (χ1n) is 9.00. The van der Waals surface area contributed by atoms with Gasteiger partial charge in [-0.05, 0) is 35.9 Å². The van der Waals surface area contributed by atoms with E-state index in [0.29, 0.717) is 14.2 Å². The first kappa shape index (κ1) is 18.4. The standard InChI is InChI=1S/C23H14ClNO2S2/c24-15-11-9-14(10-12-15)13-20-22(26)25(23(28)29-20)21-16-5-1-3-7-18(16)27-19-8-4-2-6-17(19)21/h1-13,21H/b20-13-. The van der Waals surface area contributed by atoms with Crippen LogP contribution >= 0.6 is 35.6 Å². The van der Waals surface area contributed by atoms with Crippen molar-refractivity contribution in [1.82, 2.24) is 4.90 Å². The molecule has 1 fully saturated rings. The van der Waals surface area contributed by atoms with Crippen molar-refractivity contribution in [3.63, 3.8) is 0 Å². The topological polar surface area (TPSA) is 29.5 Å². The fourth-order valence-corrected chi connectivity index (χ4v) is 5.01. The quantitative estimate of drug-likeness (QED) is 0.342. The van der Waals surface area contributed by atoms with Crippen molar-refractivity contribution in [1.29, 1.82) is 0 Å². The molecule has 0 atom stereocenters. The van der Waals surface area contributed by atoms with Crippen LogP contribution in [0.5, 0.6) is 11.5 Å². The number of rotatable bonds is 2. The molecule has 2 heterocycles. The summed E-state index contributed by atoms with van der Waals surface area (Å²) in [5.41, 5.74) is 2.76. The van der Waals surface area contributed by atoms with Crippen molar-refractivity contribution in [2.75, 3.05) is 0 Å². The molecule has 6 heteroatoms. The molecule has 5 rings (SSSR count). The molecule has 0 spiro atoms. The molecule has 1 amide bonds. The van der Waals surface area contributed by atoms with Gasteiger partial charge < -0.3 is 4.74 Å². The molecule has 0 N–H and O–H groups in total. The van der Waals surface area contributed by atoms with Crippen LogP contribution in [0.4, 0.5) is 0 Å². The van der Waals surface area contributed by atoms with E-state index in [1.807, 2.05) is 66.7 Å². The van der Waals surface area contributed by atoms with Crippen LogP contribution in [-0.2, 0) is 4.79 Å². The molecular weight excluding hydrogens is 422 g/mol. The van der Waals surface area contributed by atoms with Crippen molar-refractivity contribution >= 4 is 51.9 Å². The Labute approximate surface area is 182 Å². The highest BCUT2D eigenvalue weighted by Gasteiger charge is 2.42. The predicted octanol–water partition coefficient (Wildman–Crippen LogP) is 6.44. The van der Waals surface area contributed by atoms with E-state index in [2.05, 4.69) is 0 Å². The van der Waals surface area contributed by atoms with Crippen LogP contribution in [-0.4, -0.2) is 15.1 Å². The number of amides is 1. The second-order valence-electron chi connectivity index (χ2n) is 6.68. The molecule has 1 saturated heterocycles. The SMILES string of the molecule is O=C1/C(=C/c2ccc(Cl)cc2)SC(=S)N1C1c2ccccc2Oc2ccccc21. The molecule has 3 aromatic carbocycles. The number of halogens is 1. The van der Waals surface area contributed by atoms with E-state index in [9.17, 15) is 4.79 Å². The molecular formula is C23H14ClNO2S2. The van der Waals surface area contributed by atoms with Gasteiger partial charge in [0.15, 0.2) is 0 Å². The number of carbonyl (C=O) groups is 1. The zero-order valence-corrected chi connectivity index (χ0v) is 17.4. The lowest BCUT2D eigenvalue weighted by Crippen LogP contribution is -2.34. The van der Waals surface area contributed by atoms with Gasteiger partial charge in [-0.15, -0.1) is 0 Å². The van der Waals surface area contributed by atoms with Crippen LogP contribution in [0.25, 0.3) is 6.08 Å². The Morgan fingerprint density at radius 3 is 2.14 bits per heavy atom. The van der Waals surface area contributed by atoms with E-state index in [1.54, 1.807) is 17.0 Å². The molecule has 2 aliphatic heterocycles. The van der Waals surface area contributed by atoms with Crippen molar-refractivity contribution in [3.05, 3.63) is 99.4 Å². The minimum Gasteiger partial charge on any atom is -0.457 e. The van der Waals surface area contributed by atoms with Gasteiger partial charge in [-0.3, -0.25) is 9.69 Å². The number of ether oxygens (including phenoxy) is 1. The summed E-state index contributed by atoms with van der Waals surface area (Å²) in [5.74, 6) is 1.38. The monoisotopic (exact) mass is 435 g/mol. The summed E-state index contributed by atoms with van der Waals surface area (Å²) in [7, 11) is 0. The largest absolute Gasteiger partial charge is 0.457 e. The maximum Gasteiger partial charge on any atom is 0.267 e. The van der Waals surface area contributed by atoms with Crippen LogP contribution in [0.2, 0.25) is 5.02 Å². The number of para-hydroxylation sites is 2. The van der Waals surface area contributed by atoms with Gasteiger partial charge in [-0.25, -0.2) is 0 Å². The van der Waals surface area contributed by atoms with E-state index < -0.39 is 0 Å². The van der Waals surface area contributed by atoms with Crippen molar-refractivity contribution < 1.29 is 9.53 Å². The predicted molar refractivity (Wildman–Crippen MR) is 121 cm³/mol. The number of fused-ring (bicyclic) bond motifs is 2. The number of nitrogens with zero attached hydrogens (tertiary/aromatic N) is 1. The summed E-state index contributed by atoms with van der Waals surface area (Å²) in [4.78, 5) is 15.7. The molecule has 0 unspecified atom stereocenters. The minimum atomic E-state index is -0.320. The number of benzene rings is 3. The third kappa shape index (κ3) is 3.25. The van der Waals surface area contributed by atoms with Gasteiger partial charge in [-0.1, -0.05) is 84.1 Å². The van der Waals surface area contributed by atoms with Crippen molar-refractivity contribution in [2.45, 2.75) is 6.04 Å². The molecule has 142 valence electrons. The van der Waals surface area contributed by atoms with Crippen LogP contribution in [0.3, 0.4) is 0 Å². The number of hydrogen-bond acceptors (Lipinski definition) is 4. The maximum atomic E-state index is 13.4. The van der Waals surface area contributed by atoms with E-state index in [1.165, 1.54) is 11.8 Å². The molecule has 0 aliphatic carbocycles. The molecule has 29 heavy (non-hydrogen) atoms. The summed E-state index contributed by atoms with van der Waals surface area (Å²) >= 11 is 12.9. The summed E-state index contributed by atoms with van der Waals surface area (Å²) in [6.45, 7) is 0. The Hall–Kier alpha value is -2.60. The Morgan fingerprint density at radius 1 is 0.931 bits per heavy atom. The third-order valence-corrected chi connectivity index (χ3v) is 6.48. The fraction of sp³-hybridized carbons (Fsp3) is 0.0435. The summed E-state index contributed by atoms with van der Waals surface area (Å²) < 4.78 is 6.59. The lowest BCUT2D eigenvalue weighted by atomic mass is 9.93. The first-order valence-corrected chi connectivity index (χ1v) is 10.6. The highest BCUT2D eigenvalue weighted by atomic mass is 35.5. The maximum absolute atomic E-state index is 13.4. The van der Waals surface area contributed by atoms with Gasteiger partial charge in [0.1, 0.15) is 15.8 Å². The second kappa shape index (κ2) is 7.34. The summed E-state index contributed by atoms with van der Waals surface area (Å²) in [6.07, 6.45) is 1.85. The molecule has 0 aromatic heterocycles. The summed E-state index contributed by atoms with van der Waals surface area (Å²) in [5, 5.41) is 0.658. The summed E-state index contributed by atoms with van der Waals surface area (Å²) in [6, 6.07) is 22.6. The van der Waals surface area contributed by atoms with E-state index in [-0.39, 0.29) is 11.9 Å². The van der Waals surface area contributed by atoms with Crippen molar-refractivity contribution in [3.8, 4) is 11.5 Å². The van der Waals surface area contributed by atoms with Crippen LogP contribution in [0.1, 0.15) is 22.7 Å². The highest BCUT2D eigenvalue weighted by Crippen LogP contribution is 2.49. The zero-order valence-electron chi connectivity index (χ0n) is 15.0. The van der Waals surface area contributed by atoms with Gasteiger partial charge >= 0.3 is 0 Å². The van der Waals surface area contributed by atoms with Gasteiger partial charge in [0.05, 0.1) is 10.9 Å². The first-order chi connectivity index (χ1) is 14.1. The highest BCUT2D eigenvalue weighted by molar-refractivity contribution is 8.26. The third-order valence-electron chi connectivity index (χ3n) is 4.90. The van der Waals surface area contributed by atoms with E-state index in [0.717, 1.165) is 28.2 Å². The van der Waals surface area contributed by atoms with E-state index in [4.69, 9.17) is 28.6 Å². The molecule has 2 aliphatic rings. The van der Waals surface area contributed by atoms with Gasteiger partial charge in [0, 0.05) is 16.1 Å². The molecule has 0 bridgehead atoms. The Bertz CT molecular complexity index is 1130. The molecule has 0 saturated carbocycles. The Balaban J connectivity index is 1.58. The minimum absolute atomic E-state index is 0.105. The zero-order chi connectivity index (χ0) is 20.0. The number of thioether (sulfide) groups is 1. The van der Waals surface area contributed by atoms with Crippen molar-refractivity contribution in [2.24, 2.45) is 0 Å². The molecule has 0 radical (unpaired) electrons. The van der Waals surface area contributed by atoms with E-state index >= 15 is 0 Å². The van der Waals surface area contributed by atoms with Crippen LogP contribution in [0, 0.1) is 0 Å². The fourth-order valence-electron chi connectivity index (χ4n) is 3.58. The van der Waals surface area contributed by atoms with Crippen LogP contribution < -0.4 is 4.74 Å². The van der Waals surface area contributed by atoms with Gasteiger partial charge in [-0.2, -0.15) is 0 Å². The molecule has 3 nitrogen and oxygen atoms in total. The normalized spacial score (nSPS) is 17.3. The molecule has 3 aromatic rings. The lowest BCUT2D eigenvalue weighted by molar-refractivity contribution is -0.123.